The first-order valence-corrected chi connectivity index (χ1v) is 12.3. The first-order valence-electron chi connectivity index (χ1n) is 12.3. The van der Waals surface area contributed by atoms with E-state index in [1.807, 2.05) is 6.07 Å². The molecule has 0 atom stereocenters. The molecule has 5 aromatic carbocycles. The van der Waals surface area contributed by atoms with Gasteiger partial charge in [0.1, 0.15) is 0 Å². The normalized spacial score (nSPS) is 11.2. The zero-order valence-electron chi connectivity index (χ0n) is 20.0. The third-order valence-electron chi connectivity index (χ3n) is 7.07. The molecule has 0 N–H and O–H groups in total. The van der Waals surface area contributed by atoms with Gasteiger partial charge in [0.25, 0.3) is 0 Å². The van der Waals surface area contributed by atoms with Crippen LogP contribution in [0.5, 0.6) is 0 Å². The van der Waals surface area contributed by atoms with Gasteiger partial charge in [0.2, 0.25) is 0 Å². The zero-order chi connectivity index (χ0) is 24.8. The second-order valence-corrected chi connectivity index (χ2v) is 9.20. The van der Waals surface area contributed by atoms with Crippen molar-refractivity contribution in [1.29, 1.82) is 5.26 Å². The quantitative estimate of drug-likeness (QED) is 0.259. The van der Waals surface area contributed by atoms with Crippen LogP contribution in [0.25, 0.3) is 60.6 Å². The lowest BCUT2D eigenvalue weighted by Gasteiger charge is -2.08. The number of aromatic nitrogens is 2. The van der Waals surface area contributed by atoms with Gasteiger partial charge in [-0.3, -0.25) is 4.98 Å². The van der Waals surface area contributed by atoms with Crippen molar-refractivity contribution in [2.75, 3.05) is 0 Å². The molecular formula is C34H21N3. The zero-order valence-corrected chi connectivity index (χ0v) is 20.0. The Balaban J connectivity index is 1.43. The van der Waals surface area contributed by atoms with Crippen LogP contribution < -0.4 is 0 Å². The summed E-state index contributed by atoms with van der Waals surface area (Å²) in [6.45, 7) is 0. The van der Waals surface area contributed by atoms with Crippen molar-refractivity contribution < 1.29 is 0 Å². The third kappa shape index (κ3) is 3.47. The molecule has 172 valence electrons. The molecule has 7 rings (SSSR count). The van der Waals surface area contributed by atoms with Gasteiger partial charge >= 0.3 is 0 Å². The van der Waals surface area contributed by atoms with Crippen LogP contribution in [0.4, 0.5) is 0 Å². The van der Waals surface area contributed by atoms with Gasteiger partial charge in [-0.2, -0.15) is 5.26 Å². The minimum Gasteiger partial charge on any atom is -0.309 e. The Bertz CT molecular complexity index is 1970. The molecule has 7 aromatic rings. The lowest BCUT2D eigenvalue weighted by Crippen LogP contribution is -1.93. The van der Waals surface area contributed by atoms with E-state index in [2.05, 4.69) is 125 Å². The topological polar surface area (TPSA) is 41.6 Å². The Labute approximate surface area is 214 Å². The number of hydrogen-bond acceptors (Lipinski definition) is 2. The van der Waals surface area contributed by atoms with Crippen LogP contribution >= 0.6 is 0 Å². The summed E-state index contributed by atoms with van der Waals surface area (Å²) < 4.78 is 2.36. The van der Waals surface area contributed by atoms with Crippen molar-refractivity contribution >= 4 is 32.6 Å². The Morgan fingerprint density at radius 3 is 2.16 bits per heavy atom. The highest BCUT2D eigenvalue weighted by Gasteiger charge is 2.15. The number of benzene rings is 5. The van der Waals surface area contributed by atoms with E-state index in [-0.39, 0.29) is 0 Å². The molecule has 37 heavy (non-hydrogen) atoms. The van der Waals surface area contributed by atoms with Gasteiger partial charge in [-0.15, -0.1) is 0 Å². The summed E-state index contributed by atoms with van der Waals surface area (Å²) in [7, 11) is 0. The molecule has 3 nitrogen and oxygen atoms in total. The summed E-state index contributed by atoms with van der Waals surface area (Å²) in [5.41, 5.74) is 8.27. The van der Waals surface area contributed by atoms with Gasteiger partial charge in [-0.05, 0) is 64.4 Å². The van der Waals surface area contributed by atoms with E-state index in [0.717, 1.165) is 28.1 Å². The molecule has 0 aliphatic carbocycles. The Morgan fingerprint density at radius 1 is 0.595 bits per heavy atom. The molecule has 0 fully saturated rings. The smallest absolute Gasteiger partial charge is 0.0992 e. The molecule has 0 saturated heterocycles. The number of hydrogen-bond donors (Lipinski definition) is 0. The van der Waals surface area contributed by atoms with Crippen LogP contribution in [0.15, 0.2) is 128 Å². The Morgan fingerprint density at radius 2 is 1.32 bits per heavy atom. The highest BCUT2D eigenvalue weighted by atomic mass is 15.0. The molecule has 0 amide bonds. The van der Waals surface area contributed by atoms with Crippen LogP contribution in [0.2, 0.25) is 0 Å². The van der Waals surface area contributed by atoms with Gasteiger partial charge in [-0.25, -0.2) is 0 Å². The van der Waals surface area contributed by atoms with Crippen molar-refractivity contribution in [2.45, 2.75) is 0 Å². The van der Waals surface area contributed by atoms with E-state index in [0.29, 0.717) is 5.56 Å². The molecule has 3 heteroatoms. The van der Waals surface area contributed by atoms with Crippen molar-refractivity contribution in [3.8, 4) is 34.1 Å². The maximum Gasteiger partial charge on any atom is 0.0992 e. The van der Waals surface area contributed by atoms with E-state index in [4.69, 9.17) is 0 Å². The summed E-state index contributed by atoms with van der Waals surface area (Å²) in [5.74, 6) is 0. The highest BCUT2D eigenvalue weighted by Crippen LogP contribution is 2.38. The van der Waals surface area contributed by atoms with Gasteiger partial charge in [0.15, 0.2) is 0 Å². The summed E-state index contributed by atoms with van der Waals surface area (Å²) in [6.07, 6.45) is 1.68. The van der Waals surface area contributed by atoms with Crippen LogP contribution in [-0.2, 0) is 0 Å². The fourth-order valence-electron chi connectivity index (χ4n) is 5.32. The first kappa shape index (κ1) is 21.1. The molecule has 0 radical (unpaired) electrons. The van der Waals surface area contributed by atoms with Crippen LogP contribution in [-0.4, -0.2) is 9.55 Å². The number of para-hydroxylation sites is 1. The van der Waals surface area contributed by atoms with Crippen LogP contribution in [0.3, 0.4) is 0 Å². The standard InChI is InChI=1S/C34H21N3/c35-22-23-18-19-36-31(20-23)26-12-10-24(11-13-26)27-15-16-32-30(21-27)34-29-9-5-4-6-25(29)14-17-33(34)37(32)28-7-2-1-3-8-28/h1-21H. The molecule has 2 aromatic heterocycles. The Hall–Kier alpha value is -5.20. The summed E-state index contributed by atoms with van der Waals surface area (Å²) in [6, 6.07) is 44.5. The van der Waals surface area contributed by atoms with E-state index >= 15 is 0 Å². The summed E-state index contributed by atoms with van der Waals surface area (Å²) >= 11 is 0. The molecule has 0 unspecified atom stereocenters. The molecule has 0 saturated carbocycles. The predicted octanol–water partition coefficient (Wildman–Crippen LogP) is 8.54. The van der Waals surface area contributed by atoms with Gasteiger partial charge in [0.05, 0.1) is 28.4 Å². The van der Waals surface area contributed by atoms with E-state index in [1.54, 1.807) is 12.3 Å². The molecule has 2 heterocycles. The van der Waals surface area contributed by atoms with Crippen molar-refractivity contribution in [1.82, 2.24) is 9.55 Å². The second-order valence-electron chi connectivity index (χ2n) is 9.20. The number of pyridine rings is 1. The van der Waals surface area contributed by atoms with Crippen molar-refractivity contribution in [3.63, 3.8) is 0 Å². The number of fused-ring (bicyclic) bond motifs is 5. The maximum absolute atomic E-state index is 9.22. The van der Waals surface area contributed by atoms with Crippen molar-refractivity contribution in [2.24, 2.45) is 0 Å². The fourth-order valence-corrected chi connectivity index (χ4v) is 5.32. The molecule has 0 spiro atoms. The van der Waals surface area contributed by atoms with Gasteiger partial charge in [0, 0.05) is 28.2 Å². The maximum atomic E-state index is 9.22. The average molecular weight is 472 g/mol. The lowest BCUT2D eigenvalue weighted by atomic mass is 9.99. The van der Waals surface area contributed by atoms with E-state index in [9.17, 15) is 5.26 Å². The molecular weight excluding hydrogens is 450 g/mol. The van der Waals surface area contributed by atoms with E-state index < -0.39 is 0 Å². The summed E-state index contributed by atoms with van der Waals surface area (Å²) in [5, 5.41) is 14.2. The minimum absolute atomic E-state index is 0.613. The first-order chi connectivity index (χ1) is 18.3. The largest absolute Gasteiger partial charge is 0.309 e. The monoisotopic (exact) mass is 471 g/mol. The van der Waals surface area contributed by atoms with Crippen LogP contribution in [0, 0.1) is 11.3 Å². The SMILES string of the molecule is N#Cc1ccnc(-c2ccc(-c3ccc4c(c3)c3c5ccccc5ccc3n4-c3ccccc3)cc2)c1. The second kappa shape index (κ2) is 8.48. The molecule has 0 bridgehead atoms. The highest BCUT2D eigenvalue weighted by molar-refractivity contribution is 6.21. The predicted molar refractivity (Wildman–Crippen MR) is 152 cm³/mol. The molecule has 0 aliphatic rings. The molecule has 0 aliphatic heterocycles. The Kier molecular flexibility index (Phi) is 4.84. The fraction of sp³-hybridized carbons (Fsp3) is 0. The lowest BCUT2D eigenvalue weighted by molar-refractivity contribution is 1.18. The van der Waals surface area contributed by atoms with Gasteiger partial charge < -0.3 is 4.57 Å². The number of nitriles is 1. The van der Waals surface area contributed by atoms with Crippen LogP contribution in [0.1, 0.15) is 5.56 Å². The van der Waals surface area contributed by atoms with E-state index in [1.165, 1.54) is 32.6 Å². The number of rotatable bonds is 3. The number of nitrogens with zero attached hydrogens (tertiary/aromatic N) is 3. The van der Waals surface area contributed by atoms with Crippen molar-refractivity contribution in [3.05, 3.63) is 133 Å². The minimum atomic E-state index is 0.613. The summed E-state index contributed by atoms with van der Waals surface area (Å²) in [4.78, 5) is 4.44. The van der Waals surface area contributed by atoms with Gasteiger partial charge in [-0.1, -0.05) is 78.9 Å². The third-order valence-corrected chi connectivity index (χ3v) is 7.07. The average Bonchev–Trinajstić information content (AvgIpc) is 3.32.